The summed E-state index contributed by atoms with van der Waals surface area (Å²) in [6.45, 7) is 6.81. The number of carbonyl (C=O) groups is 1. The summed E-state index contributed by atoms with van der Waals surface area (Å²) in [5.41, 5.74) is 3.04. The second-order valence-corrected chi connectivity index (χ2v) is 10.9. The third-order valence-corrected chi connectivity index (χ3v) is 7.13. The highest BCUT2D eigenvalue weighted by Crippen LogP contribution is 2.27. The van der Waals surface area contributed by atoms with Crippen molar-refractivity contribution >= 4 is 34.1 Å². The lowest BCUT2D eigenvalue weighted by atomic mass is 9.87. The van der Waals surface area contributed by atoms with Crippen LogP contribution < -0.4 is 10.1 Å². The van der Waals surface area contributed by atoms with Gasteiger partial charge in [0.2, 0.25) is 5.91 Å². The fourth-order valence-corrected chi connectivity index (χ4v) is 4.94. The maximum atomic E-state index is 12.9. The number of fused-ring (bicyclic) bond motifs is 1. The molecule has 1 aromatic heterocycles. The number of anilines is 1. The zero-order valence-corrected chi connectivity index (χ0v) is 22.5. The van der Waals surface area contributed by atoms with E-state index in [1.165, 1.54) is 17.3 Å². The van der Waals surface area contributed by atoms with Crippen molar-refractivity contribution in [3.05, 3.63) is 108 Å². The highest BCUT2D eigenvalue weighted by Gasteiger charge is 2.18. The molecule has 4 aromatic carbocycles. The highest BCUT2D eigenvalue weighted by molar-refractivity contribution is 7.99. The molecule has 0 aliphatic heterocycles. The number of hydrogen-bond donors (Lipinski definition) is 1. The second kappa shape index (κ2) is 11.1. The molecule has 38 heavy (non-hydrogen) atoms. The molecule has 0 bridgehead atoms. The molecule has 1 amide bonds. The van der Waals surface area contributed by atoms with Crippen molar-refractivity contribution in [1.82, 2.24) is 14.8 Å². The van der Waals surface area contributed by atoms with Gasteiger partial charge in [-0.2, -0.15) is 0 Å². The van der Waals surface area contributed by atoms with Crippen molar-refractivity contribution in [2.45, 2.75) is 37.9 Å². The minimum absolute atomic E-state index is 0.0814. The molecule has 0 saturated heterocycles. The molecule has 0 aliphatic rings. The molecular weight excluding hydrogens is 492 g/mol. The van der Waals surface area contributed by atoms with Crippen molar-refractivity contribution < 1.29 is 9.53 Å². The summed E-state index contributed by atoms with van der Waals surface area (Å²) < 4.78 is 8.01. The Labute approximate surface area is 227 Å². The molecule has 0 spiro atoms. The van der Waals surface area contributed by atoms with Gasteiger partial charge in [0.05, 0.1) is 5.75 Å². The Bertz CT molecular complexity index is 1540. The molecule has 0 fully saturated rings. The van der Waals surface area contributed by atoms with Crippen LogP contribution in [-0.4, -0.2) is 26.4 Å². The van der Waals surface area contributed by atoms with Gasteiger partial charge >= 0.3 is 0 Å². The van der Waals surface area contributed by atoms with Gasteiger partial charge in [-0.3, -0.25) is 9.36 Å². The minimum Gasteiger partial charge on any atom is -0.486 e. The summed E-state index contributed by atoms with van der Waals surface area (Å²) in [7, 11) is 0. The van der Waals surface area contributed by atoms with E-state index in [0.29, 0.717) is 11.0 Å². The van der Waals surface area contributed by atoms with Crippen LogP contribution in [-0.2, 0) is 16.8 Å². The van der Waals surface area contributed by atoms with Crippen LogP contribution in [0.25, 0.3) is 16.5 Å². The normalized spacial score (nSPS) is 11.4. The van der Waals surface area contributed by atoms with E-state index in [1.807, 2.05) is 89.5 Å². The summed E-state index contributed by atoms with van der Waals surface area (Å²) >= 11 is 1.34. The number of carbonyl (C=O) groups excluding carboxylic acids is 1. The van der Waals surface area contributed by atoms with Crippen molar-refractivity contribution in [3.8, 4) is 11.4 Å². The van der Waals surface area contributed by atoms with Crippen molar-refractivity contribution in [1.29, 1.82) is 0 Å². The average Bonchev–Trinajstić information content (AvgIpc) is 3.34. The van der Waals surface area contributed by atoms with E-state index in [-0.39, 0.29) is 23.7 Å². The fraction of sp³-hybridized carbons (Fsp3) is 0.194. The van der Waals surface area contributed by atoms with Gasteiger partial charge in [-0.05, 0) is 46.7 Å². The summed E-state index contributed by atoms with van der Waals surface area (Å²) in [4.78, 5) is 12.9. The van der Waals surface area contributed by atoms with Gasteiger partial charge in [-0.15, -0.1) is 10.2 Å². The average molecular weight is 523 g/mol. The van der Waals surface area contributed by atoms with Crippen molar-refractivity contribution in [2.75, 3.05) is 11.1 Å². The van der Waals surface area contributed by atoms with Crippen molar-refractivity contribution in [2.24, 2.45) is 0 Å². The third-order valence-electron chi connectivity index (χ3n) is 6.20. The van der Waals surface area contributed by atoms with Crippen LogP contribution in [0.4, 0.5) is 5.69 Å². The number of amides is 1. The van der Waals surface area contributed by atoms with Crippen LogP contribution in [0.2, 0.25) is 0 Å². The molecule has 0 aliphatic carbocycles. The monoisotopic (exact) mass is 522 g/mol. The standard InChI is InChI=1S/C31H30N4O2S/c1-31(2,3)23-16-18-25(19-17-23)37-20-28-33-34-30(35(28)24-12-5-4-6-13-24)38-21-29(36)32-27-15-9-11-22-10-7-8-14-26(22)27/h4-19H,20-21H2,1-3H3,(H,32,36). The number of nitrogens with one attached hydrogen (secondary N) is 1. The minimum atomic E-state index is -0.106. The van der Waals surface area contributed by atoms with Gasteiger partial charge < -0.3 is 10.1 Å². The molecule has 0 radical (unpaired) electrons. The Morgan fingerprint density at radius 1 is 0.868 bits per heavy atom. The lowest BCUT2D eigenvalue weighted by molar-refractivity contribution is -0.113. The molecule has 0 unspecified atom stereocenters. The van der Waals surface area contributed by atoms with E-state index in [2.05, 4.69) is 48.4 Å². The number of para-hydroxylation sites is 1. The van der Waals surface area contributed by atoms with Gasteiger partial charge in [0.25, 0.3) is 0 Å². The second-order valence-electron chi connectivity index (χ2n) is 10.00. The quantitative estimate of drug-likeness (QED) is 0.222. The first-order valence-electron chi connectivity index (χ1n) is 12.5. The zero-order chi connectivity index (χ0) is 26.5. The first kappa shape index (κ1) is 25.5. The Balaban J connectivity index is 1.31. The first-order valence-corrected chi connectivity index (χ1v) is 13.5. The summed E-state index contributed by atoms with van der Waals surface area (Å²) in [5, 5.41) is 14.6. The molecule has 0 saturated carbocycles. The number of nitrogens with zero attached hydrogens (tertiary/aromatic N) is 3. The summed E-state index contributed by atoms with van der Waals surface area (Å²) in [6.07, 6.45) is 0. The number of aromatic nitrogens is 3. The fourth-order valence-electron chi connectivity index (χ4n) is 4.17. The number of rotatable bonds is 8. The summed E-state index contributed by atoms with van der Waals surface area (Å²) in [5.74, 6) is 1.52. The number of thioether (sulfide) groups is 1. The molecule has 5 rings (SSSR count). The van der Waals surface area contributed by atoms with E-state index in [1.54, 1.807) is 0 Å². The van der Waals surface area contributed by atoms with Crippen LogP contribution in [0.15, 0.2) is 102 Å². The van der Waals surface area contributed by atoms with Crippen LogP contribution in [0.5, 0.6) is 5.75 Å². The highest BCUT2D eigenvalue weighted by atomic mass is 32.2. The van der Waals surface area contributed by atoms with Gasteiger partial charge in [-0.1, -0.05) is 99.3 Å². The summed E-state index contributed by atoms with van der Waals surface area (Å²) in [6, 6.07) is 31.9. The first-order chi connectivity index (χ1) is 18.4. The zero-order valence-electron chi connectivity index (χ0n) is 21.7. The van der Waals surface area contributed by atoms with E-state index >= 15 is 0 Å². The number of benzene rings is 4. The predicted octanol–water partition coefficient (Wildman–Crippen LogP) is 7.03. The van der Waals surface area contributed by atoms with E-state index in [4.69, 9.17) is 4.74 Å². The molecule has 7 heteroatoms. The molecular formula is C31H30N4O2S. The molecule has 5 aromatic rings. The topological polar surface area (TPSA) is 69.0 Å². The van der Waals surface area contributed by atoms with Crippen LogP contribution >= 0.6 is 11.8 Å². The lowest BCUT2D eigenvalue weighted by Gasteiger charge is -2.19. The Hall–Kier alpha value is -4.10. The van der Waals surface area contributed by atoms with E-state index < -0.39 is 0 Å². The molecule has 0 atom stereocenters. The lowest BCUT2D eigenvalue weighted by Crippen LogP contribution is -2.15. The molecule has 1 N–H and O–H groups in total. The number of ether oxygens (including phenoxy) is 1. The van der Waals surface area contributed by atoms with Gasteiger partial charge in [0, 0.05) is 16.8 Å². The van der Waals surface area contributed by atoms with Crippen LogP contribution in [0, 0.1) is 0 Å². The molecule has 1 heterocycles. The SMILES string of the molecule is CC(C)(C)c1ccc(OCc2nnc(SCC(=O)Nc3cccc4ccccc34)n2-c2ccccc2)cc1. The van der Waals surface area contributed by atoms with Crippen LogP contribution in [0.3, 0.4) is 0 Å². The Kier molecular flexibility index (Phi) is 7.47. The number of hydrogen-bond acceptors (Lipinski definition) is 5. The van der Waals surface area contributed by atoms with Gasteiger partial charge in [0.1, 0.15) is 12.4 Å². The molecule has 192 valence electrons. The van der Waals surface area contributed by atoms with Gasteiger partial charge in [0.15, 0.2) is 11.0 Å². The van der Waals surface area contributed by atoms with Crippen LogP contribution in [0.1, 0.15) is 32.2 Å². The third kappa shape index (κ3) is 5.89. The Morgan fingerprint density at radius 3 is 2.34 bits per heavy atom. The Morgan fingerprint density at radius 2 is 1.58 bits per heavy atom. The van der Waals surface area contributed by atoms with E-state index in [9.17, 15) is 4.79 Å². The van der Waals surface area contributed by atoms with E-state index in [0.717, 1.165) is 27.9 Å². The maximum Gasteiger partial charge on any atom is 0.234 e. The molecule has 6 nitrogen and oxygen atoms in total. The maximum absolute atomic E-state index is 12.9. The smallest absolute Gasteiger partial charge is 0.234 e. The van der Waals surface area contributed by atoms with Crippen molar-refractivity contribution in [3.63, 3.8) is 0 Å². The largest absolute Gasteiger partial charge is 0.486 e. The predicted molar refractivity (Wildman–Crippen MR) is 154 cm³/mol. The van der Waals surface area contributed by atoms with Gasteiger partial charge in [-0.25, -0.2) is 0 Å².